The van der Waals surface area contributed by atoms with Crippen molar-refractivity contribution in [2.24, 2.45) is 0 Å². The van der Waals surface area contributed by atoms with Gasteiger partial charge in [0.1, 0.15) is 12.1 Å². The third-order valence-electron chi connectivity index (χ3n) is 3.60. The monoisotopic (exact) mass is 295 g/mol. The highest BCUT2D eigenvalue weighted by molar-refractivity contribution is 6.06. The Bertz CT molecular complexity index is 773. The molecular weight excluding hydrogens is 282 g/mol. The Balaban J connectivity index is 1.81. The molecule has 0 atom stereocenters. The molecule has 2 aliphatic rings. The van der Waals surface area contributed by atoms with Gasteiger partial charge in [-0.25, -0.2) is 4.98 Å². The van der Waals surface area contributed by atoms with Gasteiger partial charge in [0.25, 0.3) is 5.91 Å². The zero-order chi connectivity index (χ0) is 14.9. The molecule has 1 aromatic heterocycles. The first-order chi connectivity index (χ1) is 10.8. The molecule has 1 amide bonds. The molecule has 0 aliphatic carbocycles. The predicted octanol–water partition coefficient (Wildman–Crippen LogP) is 2.52. The number of nitrogens with zero attached hydrogens (tertiary/aromatic N) is 2. The highest BCUT2D eigenvalue weighted by Crippen LogP contribution is 2.35. The smallest absolute Gasteiger partial charge is 0.297 e. The van der Waals surface area contributed by atoms with E-state index in [1.165, 1.54) is 6.26 Å². The van der Waals surface area contributed by atoms with E-state index in [1.807, 2.05) is 36.4 Å². The molecule has 0 unspecified atom stereocenters. The van der Waals surface area contributed by atoms with Crippen molar-refractivity contribution in [2.45, 2.75) is 6.54 Å². The first kappa shape index (κ1) is 12.7. The summed E-state index contributed by atoms with van der Waals surface area (Å²) in [6.07, 6.45) is 3.08. The number of nitrogens with one attached hydrogen (secondary N) is 1. The Kier molecular flexibility index (Phi) is 2.93. The van der Waals surface area contributed by atoms with Crippen LogP contribution in [0, 0.1) is 0 Å². The van der Waals surface area contributed by atoms with Crippen LogP contribution in [0.5, 0.6) is 0 Å². The summed E-state index contributed by atoms with van der Waals surface area (Å²) in [6, 6.07) is 11.4. The summed E-state index contributed by atoms with van der Waals surface area (Å²) in [5.41, 5.74) is 2.54. The number of carbonyl (C=O) groups excluding carboxylic acids is 1. The Labute approximate surface area is 127 Å². The number of pyridine rings is 1. The van der Waals surface area contributed by atoms with Crippen molar-refractivity contribution in [2.75, 3.05) is 17.0 Å². The fraction of sp³-hybridized carbons (Fsp3) is 0.125. The third-order valence-corrected chi connectivity index (χ3v) is 3.60. The van der Waals surface area contributed by atoms with E-state index >= 15 is 0 Å². The van der Waals surface area contributed by atoms with Gasteiger partial charge in [0.15, 0.2) is 0 Å². The normalized spacial score (nSPS) is 15.5. The van der Waals surface area contributed by atoms with Gasteiger partial charge in [-0.3, -0.25) is 9.69 Å². The van der Waals surface area contributed by atoms with Gasteiger partial charge in [0, 0.05) is 11.8 Å². The van der Waals surface area contributed by atoms with Gasteiger partial charge >= 0.3 is 0 Å². The second-order valence-electron chi connectivity index (χ2n) is 4.96. The van der Waals surface area contributed by atoms with E-state index in [0.717, 1.165) is 22.8 Å². The average Bonchev–Trinajstić information content (AvgIpc) is 3.03. The Morgan fingerprint density at radius 3 is 3.00 bits per heavy atom. The summed E-state index contributed by atoms with van der Waals surface area (Å²) < 4.78 is 10.2. The number of rotatable bonds is 1. The van der Waals surface area contributed by atoms with Crippen molar-refractivity contribution >= 4 is 23.1 Å². The SMILES string of the molecule is O=C(C1=COCO1)N1Cc2cccnc2Nc2ccccc21. The Morgan fingerprint density at radius 1 is 1.23 bits per heavy atom. The largest absolute Gasteiger partial charge is 0.461 e. The maximum atomic E-state index is 12.7. The lowest BCUT2D eigenvalue weighted by atomic mass is 10.2. The molecule has 6 heteroatoms. The fourth-order valence-electron chi connectivity index (χ4n) is 2.54. The molecule has 2 aliphatic heterocycles. The zero-order valence-corrected chi connectivity index (χ0v) is 11.7. The summed E-state index contributed by atoms with van der Waals surface area (Å²) in [5, 5.41) is 3.28. The summed E-state index contributed by atoms with van der Waals surface area (Å²) in [7, 11) is 0. The van der Waals surface area contributed by atoms with Crippen LogP contribution >= 0.6 is 0 Å². The number of fused-ring (bicyclic) bond motifs is 2. The average molecular weight is 295 g/mol. The van der Waals surface area contributed by atoms with Crippen molar-refractivity contribution < 1.29 is 14.3 Å². The van der Waals surface area contributed by atoms with E-state index in [9.17, 15) is 4.79 Å². The third kappa shape index (κ3) is 2.05. The summed E-state index contributed by atoms with van der Waals surface area (Å²) >= 11 is 0. The molecule has 0 saturated heterocycles. The van der Waals surface area contributed by atoms with Crippen LogP contribution in [0.4, 0.5) is 17.2 Å². The van der Waals surface area contributed by atoms with Crippen molar-refractivity contribution in [3.63, 3.8) is 0 Å². The van der Waals surface area contributed by atoms with Gasteiger partial charge in [0.05, 0.1) is 17.9 Å². The molecule has 4 rings (SSSR count). The molecule has 3 heterocycles. The highest BCUT2D eigenvalue weighted by Gasteiger charge is 2.29. The topological polar surface area (TPSA) is 63.7 Å². The van der Waals surface area contributed by atoms with E-state index in [1.54, 1.807) is 11.1 Å². The van der Waals surface area contributed by atoms with Crippen LogP contribution in [-0.2, 0) is 20.8 Å². The van der Waals surface area contributed by atoms with Crippen molar-refractivity contribution in [3.05, 3.63) is 60.2 Å². The number of anilines is 3. The number of para-hydroxylation sites is 2. The molecule has 1 N–H and O–H groups in total. The molecule has 0 saturated carbocycles. The van der Waals surface area contributed by atoms with Crippen LogP contribution in [0.2, 0.25) is 0 Å². The van der Waals surface area contributed by atoms with Crippen LogP contribution in [0.3, 0.4) is 0 Å². The second-order valence-corrected chi connectivity index (χ2v) is 4.96. The summed E-state index contributed by atoms with van der Waals surface area (Å²) in [6.45, 7) is 0.486. The number of carbonyl (C=O) groups is 1. The van der Waals surface area contributed by atoms with Gasteiger partial charge in [-0.1, -0.05) is 18.2 Å². The van der Waals surface area contributed by atoms with E-state index in [0.29, 0.717) is 6.54 Å². The van der Waals surface area contributed by atoms with Gasteiger partial charge in [-0.2, -0.15) is 0 Å². The summed E-state index contributed by atoms with van der Waals surface area (Å²) in [4.78, 5) is 18.7. The summed E-state index contributed by atoms with van der Waals surface area (Å²) in [5.74, 6) is 0.730. The standard InChI is InChI=1S/C16H13N3O3/c20-16(14-9-21-10-22-14)19-8-11-4-3-7-17-15(11)18-12-5-1-2-6-13(12)19/h1-7,9H,8,10H2,(H,17,18). The number of hydrogen-bond acceptors (Lipinski definition) is 5. The van der Waals surface area contributed by atoms with Crippen molar-refractivity contribution in [3.8, 4) is 0 Å². The minimum absolute atomic E-state index is 0.0763. The molecular formula is C16H13N3O3. The number of benzene rings is 1. The lowest BCUT2D eigenvalue weighted by Gasteiger charge is -2.22. The van der Waals surface area contributed by atoms with Crippen LogP contribution < -0.4 is 10.2 Å². The first-order valence-corrected chi connectivity index (χ1v) is 6.89. The first-order valence-electron chi connectivity index (χ1n) is 6.89. The molecule has 1 aromatic carbocycles. The van der Waals surface area contributed by atoms with E-state index in [-0.39, 0.29) is 18.5 Å². The Hall–Kier alpha value is -3.02. The molecule has 6 nitrogen and oxygen atoms in total. The zero-order valence-electron chi connectivity index (χ0n) is 11.7. The van der Waals surface area contributed by atoms with Crippen LogP contribution in [0.15, 0.2) is 54.6 Å². The predicted molar refractivity (Wildman–Crippen MR) is 80.3 cm³/mol. The molecule has 110 valence electrons. The van der Waals surface area contributed by atoms with E-state index in [2.05, 4.69) is 10.3 Å². The Morgan fingerprint density at radius 2 is 2.14 bits per heavy atom. The molecule has 2 aromatic rings. The van der Waals surface area contributed by atoms with E-state index < -0.39 is 0 Å². The molecule has 0 fully saturated rings. The van der Waals surface area contributed by atoms with Crippen molar-refractivity contribution in [1.29, 1.82) is 0 Å². The minimum atomic E-state index is -0.233. The molecule has 0 bridgehead atoms. The fourth-order valence-corrected chi connectivity index (χ4v) is 2.54. The maximum absolute atomic E-state index is 12.7. The van der Waals surface area contributed by atoms with Gasteiger partial charge in [0.2, 0.25) is 12.6 Å². The molecule has 0 spiro atoms. The number of amides is 1. The molecule has 0 radical (unpaired) electrons. The van der Waals surface area contributed by atoms with Crippen LogP contribution in [-0.4, -0.2) is 17.7 Å². The highest BCUT2D eigenvalue weighted by atomic mass is 16.7. The van der Waals surface area contributed by atoms with Gasteiger partial charge in [-0.15, -0.1) is 0 Å². The lowest BCUT2D eigenvalue weighted by molar-refractivity contribution is -0.118. The second kappa shape index (κ2) is 5.07. The number of aromatic nitrogens is 1. The van der Waals surface area contributed by atoms with E-state index in [4.69, 9.17) is 9.47 Å². The minimum Gasteiger partial charge on any atom is -0.461 e. The maximum Gasteiger partial charge on any atom is 0.297 e. The lowest BCUT2D eigenvalue weighted by Crippen LogP contribution is -2.31. The van der Waals surface area contributed by atoms with Crippen molar-refractivity contribution in [1.82, 2.24) is 4.98 Å². The van der Waals surface area contributed by atoms with Crippen LogP contribution in [0.25, 0.3) is 0 Å². The van der Waals surface area contributed by atoms with Gasteiger partial charge < -0.3 is 14.8 Å². The van der Waals surface area contributed by atoms with Crippen LogP contribution in [0.1, 0.15) is 5.56 Å². The number of ether oxygens (including phenoxy) is 2. The van der Waals surface area contributed by atoms with Gasteiger partial charge in [-0.05, 0) is 18.2 Å². The molecule has 22 heavy (non-hydrogen) atoms. The number of hydrogen-bond donors (Lipinski definition) is 1. The quantitative estimate of drug-likeness (QED) is 0.876.